The lowest BCUT2D eigenvalue weighted by molar-refractivity contribution is -0.124. The molecule has 1 aliphatic heterocycles. The van der Waals surface area contributed by atoms with E-state index < -0.39 is 0 Å². The first kappa shape index (κ1) is 20.1. The first-order valence-electron chi connectivity index (χ1n) is 10.00. The van der Waals surface area contributed by atoms with E-state index in [2.05, 4.69) is 10.2 Å². The van der Waals surface area contributed by atoms with E-state index in [-0.39, 0.29) is 23.8 Å². The van der Waals surface area contributed by atoms with Crippen LogP contribution in [0.25, 0.3) is 0 Å². The number of carbonyl (C=O) groups is 2. The molecule has 1 saturated heterocycles. The Morgan fingerprint density at radius 2 is 1.71 bits per heavy atom. The predicted molar refractivity (Wildman–Crippen MR) is 113 cm³/mol. The Balaban J connectivity index is 1.60. The van der Waals surface area contributed by atoms with Gasteiger partial charge in [0.05, 0.1) is 12.5 Å². The van der Waals surface area contributed by atoms with Gasteiger partial charge in [0.25, 0.3) is 0 Å². The topological polar surface area (TPSA) is 52.7 Å². The normalized spacial score (nSPS) is 17.3. The first-order valence-corrected chi connectivity index (χ1v) is 10.00. The van der Waals surface area contributed by atoms with Crippen LogP contribution in [0.15, 0.2) is 60.7 Å². The number of amides is 2. The molecule has 2 aromatic carbocycles. The quantitative estimate of drug-likeness (QED) is 0.831. The molecule has 2 aromatic rings. The van der Waals surface area contributed by atoms with Crippen molar-refractivity contribution in [1.82, 2.24) is 4.90 Å². The van der Waals surface area contributed by atoms with Crippen LogP contribution >= 0.6 is 0 Å². The van der Waals surface area contributed by atoms with Gasteiger partial charge >= 0.3 is 0 Å². The number of hydrogen-bond acceptors (Lipinski definition) is 3. The molecule has 3 rings (SSSR count). The molecule has 0 spiro atoms. The maximum absolute atomic E-state index is 13.0. The van der Waals surface area contributed by atoms with Crippen molar-refractivity contribution in [3.05, 3.63) is 60.7 Å². The summed E-state index contributed by atoms with van der Waals surface area (Å²) in [5.41, 5.74) is 1.73. The van der Waals surface area contributed by atoms with Gasteiger partial charge in [0.2, 0.25) is 11.8 Å². The minimum Gasteiger partial charge on any atom is -0.326 e. The van der Waals surface area contributed by atoms with E-state index in [9.17, 15) is 9.59 Å². The van der Waals surface area contributed by atoms with Gasteiger partial charge in [-0.3, -0.25) is 14.5 Å². The summed E-state index contributed by atoms with van der Waals surface area (Å²) in [6.45, 7) is 5.85. The molecule has 1 N–H and O–H groups in total. The molecule has 0 radical (unpaired) electrons. The van der Waals surface area contributed by atoms with Crippen molar-refractivity contribution in [2.24, 2.45) is 5.92 Å². The molecule has 5 heteroatoms. The van der Waals surface area contributed by atoms with Crippen LogP contribution in [-0.4, -0.2) is 42.4 Å². The van der Waals surface area contributed by atoms with Crippen molar-refractivity contribution < 1.29 is 9.59 Å². The second-order valence-corrected chi connectivity index (χ2v) is 7.62. The van der Waals surface area contributed by atoms with E-state index in [1.807, 2.05) is 79.4 Å². The van der Waals surface area contributed by atoms with E-state index in [1.54, 1.807) is 0 Å². The monoisotopic (exact) mass is 379 g/mol. The zero-order chi connectivity index (χ0) is 19.9. The number of anilines is 2. The van der Waals surface area contributed by atoms with Crippen molar-refractivity contribution in [3.8, 4) is 0 Å². The molecule has 5 nitrogen and oxygen atoms in total. The predicted octanol–water partition coefficient (Wildman–Crippen LogP) is 3.78. The van der Waals surface area contributed by atoms with Crippen molar-refractivity contribution in [1.29, 1.82) is 0 Å². The highest BCUT2D eigenvalue weighted by molar-refractivity contribution is 5.95. The highest BCUT2D eigenvalue weighted by Gasteiger charge is 2.29. The summed E-state index contributed by atoms with van der Waals surface area (Å²) in [6, 6.07) is 19.4. The van der Waals surface area contributed by atoms with Crippen LogP contribution in [0.4, 0.5) is 11.4 Å². The van der Waals surface area contributed by atoms with E-state index in [0.29, 0.717) is 13.1 Å². The average Bonchev–Trinajstić information content (AvgIpc) is 2.69. The minimum atomic E-state index is -0.0917. The van der Waals surface area contributed by atoms with Gasteiger partial charge < -0.3 is 10.2 Å². The smallest absolute Gasteiger partial charge is 0.241 e. The number of hydrogen-bond donors (Lipinski definition) is 1. The summed E-state index contributed by atoms with van der Waals surface area (Å²) in [6.07, 6.45) is 1.78. The SMILES string of the molecule is CC(C)N(C(=O)CN1CCC[C@H](C(=O)Nc2ccccc2)C1)c1ccccc1. The lowest BCUT2D eigenvalue weighted by atomic mass is 9.97. The summed E-state index contributed by atoms with van der Waals surface area (Å²) < 4.78 is 0. The first-order chi connectivity index (χ1) is 13.5. The van der Waals surface area contributed by atoms with Crippen LogP contribution < -0.4 is 10.2 Å². The van der Waals surface area contributed by atoms with Crippen LogP contribution in [0, 0.1) is 5.92 Å². The molecule has 0 saturated carbocycles. The number of piperidine rings is 1. The highest BCUT2D eigenvalue weighted by Crippen LogP contribution is 2.21. The van der Waals surface area contributed by atoms with Crippen LogP contribution in [-0.2, 0) is 9.59 Å². The van der Waals surface area contributed by atoms with Gasteiger partial charge in [-0.15, -0.1) is 0 Å². The fourth-order valence-electron chi connectivity index (χ4n) is 3.77. The van der Waals surface area contributed by atoms with E-state index in [0.717, 1.165) is 30.8 Å². The van der Waals surface area contributed by atoms with Crippen LogP contribution in [0.2, 0.25) is 0 Å². The lowest BCUT2D eigenvalue weighted by Gasteiger charge is -2.34. The molecule has 148 valence electrons. The Bertz CT molecular complexity index is 777. The summed E-state index contributed by atoms with van der Waals surface area (Å²) in [4.78, 5) is 29.6. The average molecular weight is 380 g/mol. The maximum Gasteiger partial charge on any atom is 0.241 e. The van der Waals surface area contributed by atoms with Crippen molar-refractivity contribution in [2.75, 3.05) is 29.9 Å². The number of likely N-dealkylation sites (tertiary alicyclic amines) is 1. The highest BCUT2D eigenvalue weighted by atomic mass is 16.2. The number of nitrogens with one attached hydrogen (secondary N) is 1. The number of rotatable bonds is 6. The summed E-state index contributed by atoms with van der Waals surface area (Å²) in [5.74, 6) is 0.0171. The van der Waals surface area contributed by atoms with Crippen LogP contribution in [0.3, 0.4) is 0 Å². The van der Waals surface area contributed by atoms with Crippen LogP contribution in [0.5, 0.6) is 0 Å². The fourth-order valence-corrected chi connectivity index (χ4v) is 3.77. The third-order valence-electron chi connectivity index (χ3n) is 5.10. The molecular weight excluding hydrogens is 350 g/mol. The van der Waals surface area contributed by atoms with Gasteiger partial charge in [-0.05, 0) is 57.5 Å². The zero-order valence-electron chi connectivity index (χ0n) is 16.7. The Kier molecular flexibility index (Phi) is 6.82. The van der Waals surface area contributed by atoms with E-state index in [1.165, 1.54) is 0 Å². The molecule has 1 atom stereocenters. The maximum atomic E-state index is 13.0. The Morgan fingerprint density at radius 1 is 1.07 bits per heavy atom. The largest absolute Gasteiger partial charge is 0.326 e. The molecule has 1 heterocycles. The molecule has 0 unspecified atom stereocenters. The molecule has 1 fully saturated rings. The standard InChI is InChI=1S/C23H29N3O2/c1-18(2)26(21-13-7-4-8-14-21)22(27)17-25-15-9-10-19(16-25)23(28)24-20-11-5-3-6-12-20/h3-8,11-14,18-19H,9-10,15-17H2,1-2H3,(H,24,28)/t19-/m0/s1. The number of para-hydroxylation sites is 2. The van der Waals surface area contributed by atoms with Crippen molar-refractivity contribution >= 4 is 23.2 Å². The fraction of sp³-hybridized carbons (Fsp3) is 0.391. The molecule has 2 amide bonds. The summed E-state index contributed by atoms with van der Waals surface area (Å²) in [5, 5.41) is 2.99. The van der Waals surface area contributed by atoms with Gasteiger partial charge in [0.1, 0.15) is 0 Å². The van der Waals surface area contributed by atoms with Crippen LogP contribution in [0.1, 0.15) is 26.7 Å². The Hall–Kier alpha value is -2.66. The molecular formula is C23H29N3O2. The third kappa shape index (κ3) is 5.20. The molecule has 28 heavy (non-hydrogen) atoms. The lowest BCUT2D eigenvalue weighted by Crippen LogP contribution is -2.48. The Morgan fingerprint density at radius 3 is 2.36 bits per heavy atom. The van der Waals surface area contributed by atoms with E-state index in [4.69, 9.17) is 0 Å². The van der Waals surface area contributed by atoms with E-state index >= 15 is 0 Å². The molecule has 1 aliphatic rings. The second kappa shape index (κ2) is 9.51. The van der Waals surface area contributed by atoms with Crippen molar-refractivity contribution in [3.63, 3.8) is 0 Å². The molecule has 0 aromatic heterocycles. The molecule has 0 aliphatic carbocycles. The van der Waals surface area contributed by atoms with Gasteiger partial charge in [0, 0.05) is 24.0 Å². The van der Waals surface area contributed by atoms with Crippen molar-refractivity contribution in [2.45, 2.75) is 32.7 Å². The van der Waals surface area contributed by atoms with Gasteiger partial charge in [-0.1, -0.05) is 36.4 Å². The van der Waals surface area contributed by atoms with Gasteiger partial charge in [-0.2, -0.15) is 0 Å². The van der Waals surface area contributed by atoms with Gasteiger partial charge in [-0.25, -0.2) is 0 Å². The summed E-state index contributed by atoms with van der Waals surface area (Å²) in [7, 11) is 0. The second-order valence-electron chi connectivity index (χ2n) is 7.62. The molecule has 0 bridgehead atoms. The number of nitrogens with zero attached hydrogens (tertiary/aromatic N) is 2. The summed E-state index contributed by atoms with van der Waals surface area (Å²) >= 11 is 0. The number of benzene rings is 2. The minimum absolute atomic E-state index is 0.0344. The third-order valence-corrected chi connectivity index (χ3v) is 5.10. The Labute approximate surface area is 167 Å². The number of carbonyl (C=O) groups excluding carboxylic acids is 2. The zero-order valence-corrected chi connectivity index (χ0v) is 16.7. The van der Waals surface area contributed by atoms with Gasteiger partial charge in [0.15, 0.2) is 0 Å².